The first-order valence-electron chi connectivity index (χ1n) is 7.72. The molecule has 0 fully saturated rings. The summed E-state index contributed by atoms with van der Waals surface area (Å²) in [5.41, 5.74) is -2.37. The lowest BCUT2D eigenvalue weighted by Crippen LogP contribution is -2.34. The van der Waals surface area contributed by atoms with Gasteiger partial charge in [0.15, 0.2) is 0 Å². The Balaban J connectivity index is 2.43. The van der Waals surface area contributed by atoms with Gasteiger partial charge in [0.25, 0.3) is 0 Å². The fourth-order valence-corrected chi connectivity index (χ4v) is 5.21. The van der Waals surface area contributed by atoms with Crippen molar-refractivity contribution in [3.8, 4) is 0 Å². The zero-order valence-corrected chi connectivity index (χ0v) is 17.3. The Hall–Kier alpha value is -0.590. The number of rotatable bonds is 7. The van der Waals surface area contributed by atoms with Gasteiger partial charge in [0.05, 0.1) is 6.61 Å². The average Bonchev–Trinajstić information content (AvgIpc) is 2.41. The summed E-state index contributed by atoms with van der Waals surface area (Å²) in [5, 5.41) is 2.56. The van der Waals surface area contributed by atoms with E-state index >= 15 is 0 Å². The van der Waals surface area contributed by atoms with Crippen molar-refractivity contribution in [2.24, 2.45) is 0 Å². The maximum atomic E-state index is 11.5. The molecule has 5 nitrogen and oxygen atoms in total. The van der Waals surface area contributed by atoms with Gasteiger partial charge in [0.2, 0.25) is 5.69 Å². The molecule has 1 amide bonds. The second kappa shape index (κ2) is 9.20. The number of nitrogens with one attached hydrogen (secondary N) is 1. The van der Waals surface area contributed by atoms with Crippen LogP contribution < -0.4 is 5.32 Å². The molecule has 0 saturated carbocycles. The molecule has 1 unspecified atom stereocenters. The van der Waals surface area contributed by atoms with Gasteiger partial charge >= 0.3 is 6.09 Å². The van der Waals surface area contributed by atoms with Gasteiger partial charge in [-0.15, -0.1) is 0 Å². The predicted octanol–water partition coefficient (Wildman–Crippen LogP) is 4.66. The van der Waals surface area contributed by atoms with Crippen molar-refractivity contribution in [3.63, 3.8) is 0 Å². The zero-order chi connectivity index (χ0) is 18.4. The summed E-state index contributed by atoms with van der Waals surface area (Å²) in [4.78, 5) is 22.7. The largest absolute Gasteiger partial charge is 0.444 e. The maximum Gasteiger partial charge on any atom is 0.407 e. The Kier molecular flexibility index (Phi) is 8.23. The third-order valence-electron chi connectivity index (χ3n) is 2.77. The highest BCUT2D eigenvalue weighted by Crippen LogP contribution is 2.59. The van der Waals surface area contributed by atoms with Crippen LogP contribution in [0.3, 0.4) is 0 Å². The van der Waals surface area contributed by atoms with Crippen LogP contribution in [0.5, 0.6) is 0 Å². The maximum absolute atomic E-state index is 11.5. The molecule has 0 aromatic heterocycles. The molecule has 1 aromatic carbocycles. The fraction of sp³-hybridized carbons (Fsp3) is 0.562. The Bertz CT molecular complexity index is 602. The molecule has 0 saturated heterocycles. The van der Waals surface area contributed by atoms with Crippen LogP contribution in [-0.2, 0) is 21.1 Å². The molecule has 0 aliphatic rings. The summed E-state index contributed by atoms with van der Waals surface area (Å²) < 4.78 is 10.5. The van der Waals surface area contributed by atoms with Gasteiger partial charge in [0, 0.05) is 11.4 Å². The first kappa shape index (κ1) is 21.5. The number of ether oxygens (including phenoxy) is 1. The van der Waals surface area contributed by atoms with Crippen molar-refractivity contribution in [1.29, 1.82) is 0 Å². The number of hydrogen-bond acceptors (Lipinski definition) is 5. The fourth-order valence-electron chi connectivity index (χ4n) is 1.72. The minimum Gasteiger partial charge on any atom is -0.444 e. The van der Waals surface area contributed by atoms with E-state index in [1.807, 2.05) is 24.3 Å². The molecule has 0 spiro atoms. The van der Waals surface area contributed by atoms with E-state index in [-0.39, 0.29) is 13.2 Å². The first-order valence-corrected chi connectivity index (χ1v) is 11.8. The number of benzene rings is 1. The molecular formula is C16H26NO4PS2. The summed E-state index contributed by atoms with van der Waals surface area (Å²) in [6, 6.07) is 7.89. The SMILES string of the molecule is CC(C)c1cccc(SP(O)(=S)OCCNC(=O)OC(C)(C)C)c1. The van der Waals surface area contributed by atoms with Gasteiger partial charge in [0.1, 0.15) is 5.60 Å². The number of carbonyl (C=O) groups is 1. The molecule has 2 N–H and O–H groups in total. The molecule has 0 bridgehead atoms. The summed E-state index contributed by atoms with van der Waals surface area (Å²) in [6.07, 6.45) is -0.519. The summed E-state index contributed by atoms with van der Waals surface area (Å²) in [6.45, 7) is 9.94. The van der Waals surface area contributed by atoms with Crippen molar-refractivity contribution in [2.45, 2.75) is 51.0 Å². The van der Waals surface area contributed by atoms with Gasteiger partial charge in [-0.05, 0) is 67.6 Å². The Morgan fingerprint density at radius 2 is 2.08 bits per heavy atom. The first-order chi connectivity index (χ1) is 11.0. The molecule has 8 heteroatoms. The quantitative estimate of drug-likeness (QED) is 0.520. The molecular weight excluding hydrogens is 365 g/mol. The second-order valence-electron chi connectivity index (χ2n) is 6.55. The molecule has 136 valence electrons. The lowest BCUT2D eigenvalue weighted by Gasteiger charge is -2.20. The van der Waals surface area contributed by atoms with E-state index in [9.17, 15) is 9.69 Å². The van der Waals surface area contributed by atoms with Crippen LogP contribution in [0.15, 0.2) is 29.2 Å². The van der Waals surface area contributed by atoms with Crippen LogP contribution in [0.1, 0.15) is 46.1 Å². The van der Waals surface area contributed by atoms with Crippen molar-refractivity contribution in [1.82, 2.24) is 5.32 Å². The second-order valence-corrected chi connectivity index (χ2v) is 12.6. The van der Waals surface area contributed by atoms with Gasteiger partial charge in [-0.2, -0.15) is 0 Å². The summed E-state index contributed by atoms with van der Waals surface area (Å²) >= 11 is 6.33. The molecule has 0 radical (unpaired) electrons. The van der Waals surface area contributed by atoms with Gasteiger partial charge in [-0.25, -0.2) is 4.79 Å². The number of amides is 1. The van der Waals surface area contributed by atoms with Crippen LogP contribution in [0, 0.1) is 0 Å². The van der Waals surface area contributed by atoms with Crippen molar-refractivity contribution in [3.05, 3.63) is 29.8 Å². The molecule has 0 aliphatic carbocycles. The van der Waals surface area contributed by atoms with Crippen LogP contribution in [0.25, 0.3) is 0 Å². The normalized spacial score (nSPS) is 14.3. The van der Waals surface area contributed by atoms with E-state index in [2.05, 4.69) is 19.2 Å². The van der Waals surface area contributed by atoms with Gasteiger partial charge in [-0.3, -0.25) is 0 Å². The van der Waals surface area contributed by atoms with E-state index < -0.39 is 17.4 Å². The van der Waals surface area contributed by atoms with E-state index in [1.165, 1.54) is 5.56 Å². The Morgan fingerprint density at radius 3 is 2.67 bits per heavy atom. The number of hydrogen-bond donors (Lipinski definition) is 2. The Labute approximate surface area is 153 Å². The molecule has 0 heterocycles. The molecule has 1 atom stereocenters. The van der Waals surface area contributed by atoms with E-state index in [4.69, 9.17) is 21.1 Å². The molecule has 0 aliphatic heterocycles. The monoisotopic (exact) mass is 391 g/mol. The van der Waals surface area contributed by atoms with Crippen LogP contribution in [0.2, 0.25) is 0 Å². The lowest BCUT2D eigenvalue weighted by atomic mass is 10.0. The highest BCUT2D eigenvalue weighted by molar-refractivity contribution is 8.67. The zero-order valence-electron chi connectivity index (χ0n) is 14.7. The number of alkyl carbamates (subject to hydrolysis) is 1. The van der Waals surface area contributed by atoms with E-state index in [0.717, 1.165) is 16.3 Å². The van der Waals surface area contributed by atoms with Crippen molar-refractivity contribution < 1.29 is 18.9 Å². The highest BCUT2D eigenvalue weighted by atomic mass is 32.9. The van der Waals surface area contributed by atoms with Crippen molar-refractivity contribution in [2.75, 3.05) is 13.2 Å². The average molecular weight is 391 g/mol. The standard InChI is InChI=1S/C16H26NO4PS2/c1-12(2)13-7-6-8-14(11-13)24-22(19,23)20-10-9-17-15(18)21-16(3,4)5/h6-8,11-12H,9-10H2,1-5H3,(H,17,18)(H,19,23). The van der Waals surface area contributed by atoms with Crippen molar-refractivity contribution >= 4 is 35.0 Å². The number of carbonyl (C=O) groups excluding carboxylic acids is 1. The smallest absolute Gasteiger partial charge is 0.407 e. The summed E-state index contributed by atoms with van der Waals surface area (Å²) in [7, 11) is 0. The van der Waals surface area contributed by atoms with Crippen LogP contribution in [-0.4, -0.2) is 29.7 Å². The molecule has 1 rings (SSSR count). The minimum absolute atomic E-state index is 0.129. The lowest BCUT2D eigenvalue weighted by molar-refractivity contribution is 0.0520. The minimum atomic E-state index is -3.01. The third kappa shape index (κ3) is 9.04. The molecule has 24 heavy (non-hydrogen) atoms. The van der Waals surface area contributed by atoms with Crippen LogP contribution in [0.4, 0.5) is 4.79 Å². The summed E-state index contributed by atoms with van der Waals surface area (Å²) in [5.74, 6) is 0.404. The van der Waals surface area contributed by atoms with Gasteiger partial charge < -0.3 is 19.5 Å². The van der Waals surface area contributed by atoms with E-state index in [0.29, 0.717) is 5.92 Å². The third-order valence-corrected chi connectivity index (χ3v) is 6.60. The predicted molar refractivity (Wildman–Crippen MR) is 103 cm³/mol. The topological polar surface area (TPSA) is 67.8 Å². The highest BCUT2D eigenvalue weighted by Gasteiger charge is 2.18. The van der Waals surface area contributed by atoms with Gasteiger partial charge in [-0.1, -0.05) is 26.0 Å². The molecule has 1 aromatic rings. The van der Waals surface area contributed by atoms with Crippen LogP contribution >= 0.6 is 17.1 Å². The Morgan fingerprint density at radius 1 is 1.42 bits per heavy atom. The van der Waals surface area contributed by atoms with E-state index in [1.54, 1.807) is 20.8 Å².